The van der Waals surface area contributed by atoms with E-state index in [1.807, 2.05) is 0 Å². The lowest BCUT2D eigenvalue weighted by Crippen LogP contribution is -2.26. The van der Waals surface area contributed by atoms with Gasteiger partial charge in [0.2, 0.25) is 0 Å². The molecule has 2 bridgehead atoms. The lowest BCUT2D eigenvalue weighted by molar-refractivity contribution is -0.384. The summed E-state index contributed by atoms with van der Waals surface area (Å²) in [6.45, 7) is 0. The molecule has 2 fully saturated rings. The van der Waals surface area contributed by atoms with Crippen molar-refractivity contribution in [2.75, 3.05) is 5.32 Å². The van der Waals surface area contributed by atoms with Crippen molar-refractivity contribution in [3.8, 4) is 0 Å². The van der Waals surface area contributed by atoms with E-state index < -0.39 is 0 Å². The van der Waals surface area contributed by atoms with Crippen LogP contribution in [0.15, 0.2) is 18.2 Å². The zero-order valence-electron chi connectivity index (χ0n) is 9.93. The summed E-state index contributed by atoms with van der Waals surface area (Å²) in [6.07, 6.45) is 5.00. The molecule has 1 aromatic carbocycles. The summed E-state index contributed by atoms with van der Waals surface area (Å²) in [5.41, 5.74) is 0.673. The van der Waals surface area contributed by atoms with Gasteiger partial charge in [-0.15, -0.1) is 0 Å². The average molecular weight is 267 g/mol. The van der Waals surface area contributed by atoms with Gasteiger partial charge in [0.05, 0.1) is 4.92 Å². The summed E-state index contributed by atoms with van der Waals surface area (Å²) in [7, 11) is 0. The predicted octanol–water partition coefficient (Wildman–Crippen LogP) is 3.85. The minimum Gasteiger partial charge on any atom is -0.376 e. The molecule has 2 aliphatic carbocycles. The average Bonchev–Trinajstić information content (AvgIpc) is 2.93. The van der Waals surface area contributed by atoms with Crippen LogP contribution in [0, 0.1) is 22.0 Å². The number of anilines is 1. The molecule has 2 saturated carbocycles. The van der Waals surface area contributed by atoms with Crippen LogP contribution in [0.4, 0.5) is 11.4 Å². The molecule has 2 aliphatic rings. The topological polar surface area (TPSA) is 55.2 Å². The van der Waals surface area contributed by atoms with Gasteiger partial charge >= 0.3 is 0 Å². The van der Waals surface area contributed by atoms with Crippen molar-refractivity contribution in [3.05, 3.63) is 33.3 Å². The molecule has 18 heavy (non-hydrogen) atoms. The number of hydrogen-bond acceptors (Lipinski definition) is 3. The molecule has 5 heteroatoms. The summed E-state index contributed by atoms with van der Waals surface area (Å²) in [5.74, 6) is 1.50. The zero-order chi connectivity index (χ0) is 12.7. The molecule has 0 radical (unpaired) electrons. The Hall–Kier alpha value is -1.29. The van der Waals surface area contributed by atoms with Gasteiger partial charge in [-0.05, 0) is 43.2 Å². The molecule has 1 aromatic rings. The third-order valence-electron chi connectivity index (χ3n) is 4.24. The Bertz CT molecular complexity index is 492. The molecule has 3 atom stereocenters. The second-order valence-electron chi connectivity index (χ2n) is 5.34. The second-order valence-corrected chi connectivity index (χ2v) is 5.78. The Labute approximate surface area is 110 Å². The maximum absolute atomic E-state index is 11.0. The number of halogens is 1. The van der Waals surface area contributed by atoms with Crippen molar-refractivity contribution < 1.29 is 4.92 Å². The van der Waals surface area contributed by atoms with E-state index in [9.17, 15) is 10.1 Å². The van der Waals surface area contributed by atoms with Gasteiger partial charge in [0.15, 0.2) is 0 Å². The van der Waals surface area contributed by atoms with Crippen LogP contribution < -0.4 is 5.32 Å². The standard InChI is InChI=1S/C13H15ClN2O2/c14-10-3-4-11(13(7-10)16(17)18)15-12-6-8-1-2-9(12)5-8/h3-4,7-9,12,15H,1-2,5-6H2. The summed E-state index contributed by atoms with van der Waals surface area (Å²) in [5, 5.41) is 14.8. The van der Waals surface area contributed by atoms with E-state index in [1.165, 1.54) is 25.3 Å². The molecule has 0 spiro atoms. The molecule has 4 nitrogen and oxygen atoms in total. The van der Waals surface area contributed by atoms with Gasteiger partial charge in [0, 0.05) is 17.1 Å². The van der Waals surface area contributed by atoms with Crippen molar-refractivity contribution in [2.45, 2.75) is 31.7 Å². The largest absolute Gasteiger partial charge is 0.376 e. The molecule has 0 aliphatic heterocycles. The number of nitrogens with one attached hydrogen (secondary N) is 1. The van der Waals surface area contributed by atoms with E-state index in [1.54, 1.807) is 12.1 Å². The van der Waals surface area contributed by atoms with E-state index in [2.05, 4.69) is 5.32 Å². The lowest BCUT2D eigenvalue weighted by Gasteiger charge is -2.23. The highest BCUT2D eigenvalue weighted by atomic mass is 35.5. The summed E-state index contributed by atoms with van der Waals surface area (Å²) >= 11 is 5.81. The normalized spacial score (nSPS) is 29.5. The zero-order valence-corrected chi connectivity index (χ0v) is 10.7. The Morgan fingerprint density at radius 1 is 1.33 bits per heavy atom. The van der Waals surface area contributed by atoms with E-state index in [0.29, 0.717) is 22.7 Å². The van der Waals surface area contributed by atoms with E-state index in [0.717, 1.165) is 12.3 Å². The van der Waals surface area contributed by atoms with Crippen molar-refractivity contribution >= 4 is 23.0 Å². The van der Waals surface area contributed by atoms with Crippen LogP contribution >= 0.6 is 11.6 Å². The summed E-state index contributed by atoms with van der Waals surface area (Å²) in [6, 6.07) is 5.22. The predicted molar refractivity (Wildman–Crippen MR) is 71.0 cm³/mol. The minimum absolute atomic E-state index is 0.0743. The third kappa shape index (κ3) is 2.05. The lowest BCUT2D eigenvalue weighted by atomic mass is 9.95. The number of rotatable bonds is 3. The van der Waals surface area contributed by atoms with Gasteiger partial charge in [-0.25, -0.2) is 0 Å². The van der Waals surface area contributed by atoms with Crippen LogP contribution in [0.25, 0.3) is 0 Å². The molecule has 3 unspecified atom stereocenters. The fourth-order valence-corrected chi connectivity index (χ4v) is 3.57. The first-order valence-corrected chi connectivity index (χ1v) is 6.72. The van der Waals surface area contributed by atoms with Gasteiger partial charge in [-0.2, -0.15) is 0 Å². The summed E-state index contributed by atoms with van der Waals surface area (Å²) in [4.78, 5) is 10.6. The summed E-state index contributed by atoms with van der Waals surface area (Å²) < 4.78 is 0. The number of hydrogen-bond donors (Lipinski definition) is 1. The Morgan fingerprint density at radius 2 is 2.17 bits per heavy atom. The first-order chi connectivity index (χ1) is 8.63. The second kappa shape index (κ2) is 4.43. The fraction of sp³-hybridized carbons (Fsp3) is 0.538. The van der Waals surface area contributed by atoms with Crippen LogP contribution in [0.1, 0.15) is 25.7 Å². The number of fused-ring (bicyclic) bond motifs is 2. The van der Waals surface area contributed by atoms with Crippen LogP contribution in [0.3, 0.4) is 0 Å². The maximum Gasteiger partial charge on any atom is 0.293 e. The molecule has 0 saturated heterocycles. The highest BCUT2D eigenvalue weighted by molar-refractivity contribution is 6.30. The molecule has 0 aromatic heterocycles. The number of nitro benzene ring substituents is 1. The quantitative estimate of drug-likeness (QED) is 0.668. The molecular weight excluding hydrogens is 252 g/mol. The van der Waals surface area contributed by atoms with E-state index in [-0.39, 0.29) is 10.6 Å². The number of benzene rings is 1. The van der Waals surface area contributed by atoms with Crippen molar-refractivity contribution in [2.24, 2.45) is 11.8 Å². The molecule has 0 heterocycles. The molecule has 3 rings (SSSR count). The third-order valence-corrected chi connectivity index (χ3v) is 4.47. The van der Waals surface area contributed by atoms with Crippen molar-refractivity contribution in [1.82, 2.24) is 0 Å². The minimum atomic E-state index is -0.374. The van der Waals surface area contributed by atoms with Crippen LogP contribution in [-0.4, -0.2) is 11.0 Å². The molecule has 96 valence electrons. The van der Waals surface area contributed by atoms with E-state index >= 15 is 0 Å². The van der Waals surface area contributed by atoms with Crippen LogP contribution in [-0.2, 0) is 0 Å². The first-order valence-electron chi connectivity index (χ1n) is 6.34. The van der Waals surface area contributed by atoms with Gasteiger partial charge in [0.25, 0.3) is 5.69 Å². The smallest absolute Gasteiger partial charge is 0.293 e. The molecule has 0 amide bonds. The monoisotopic (exact) mass is 266 g/mol. The fourth-order valence-electron chi connectivity index (χ4n) is 3.40. The Balaban J connectivity index is 1.82. The van der Waals surface area contributed by atoms with Crippen LogP contribution in [0.2, 0.25) is 5.02 Å². The van der Waals surface area contributed by atoms with Gasteiger partial charge in [-0.3, -0.25) is 10.1 Å². The van der Waals surface area contributed by atoms with Gasteiger partial charge < -0.3 is 5.32 Å². The molecule has 1 N–H and O–H groups in total. The highest BCUT2D eigenvalue weighted by Crippen LogP contribution is 2.46. The highest BCUT2D eigenvalue weighted by Gasteiger charge is 2.39. The van der Waals surface area contributed by atoms with Gasteiger partial charge in [-0.1, -0.05) is 18.0 Å². The Kier molecular flexibility index (Phi) is 2.90. The van der Waals surface area contributed by atoms with Crippen molar-refractivity contribution in [1.29, 1.82) is 0 Å². The first kappa shape index (κ1) is 11.8. The van der Waals surface area contributed by atoms with E-state index in [4.69, 9.17) is 11.6 Å². The SMILES string of the molecule is O=[N+]([O-])c1cc(Cl)ccc1NC1CC2CCC1C2. The Morgan fingerprint density at radius 3 is 2.78 bits per heavy atom. The molecular formula is C13H15ClN2O2. The van der Waals surface area contributed by atoms with Crippen molar-refractivity contribution in [3.63, 3.8) is 0 Å². The maximum atomic E-state index is 11.0. The van der Waals surface area contributed by atoms with Crippen LogP contribution in [0.5, 0.6) is 0 Å². The number of nitro groups is 1. The van der Waals surface area contributed by atoms with Gasteiger partial charge in [0.1, 0.15) is 5.69 Å². The number of nitrogens with zero attached hydrogens (tertiary/aromatic N) is 1.